The largest absolute Gasteiger partial charge is 0.488 e. The molecule has 3 heteroatoms. The fourth-order valence-corrected chi connectivity index (χ4v) is 2.34. The molecule has 0 amide bonds. The number of benzene rings is 3. The van der Waals surface area contributed by atoms with Crippen LogP contribution in [-0.4, -0.2) is 6.21 Å². The van der Waals surface area contributed by atoms with Crippen molar-refractivity contribution in [3.63, 3.8) is 0 Å². The Kier molecular flexibility index (Phi) is 5.25. The third kappa shape index (κ3) is 4.23. The number of hydrazone groups is 1. The van der Waals surface area contributed by atoms with Crippen LogP contribution in [0.15, 0.2) is 84.0 Å². The Morgan fingerprint density at radius 1 is 0.875 bits per heavy atom. The summed E-state index contributed by atoms with van der Waals surface area (Å²) in [5.74, 6) is 0.819. The Bertz CT molecular complexity index is 813. The van der Waals surface area contributed by atoms with Gasteiger partial charge in [0, 0.05) is 5.56 Å². The summed E-state index contributed by atoms with van der Waals surface area (Å²) in [5.41, 5.74) is 7.33. The van der Waals surface area contributed by atoms with Gasteiger partial charge in [0.05, 0.1) is 11.9 Å². The minimum absolute atomic E-state index is 0.545. The minimum atomic E-state index is 0.545. The first-order valence-corrected chi connectivity index (χ1v) is 7.93. The topological polar surface area (TPSA) is 33.6 Å². The van der Waals surface area contributed by atoms with E-state index in [1.807, 2.05) is 66.7 Å². The summed E-state index contributed by atoms with van der Waals surface area (Å²) in [6.07, 6.45) is 1.78. The van der Waals surface area contributed by atoms with Crippen LogP contribution >= 0.6 is 0 Å². The number of ether oxygens (including phenoxy) is 1. The number of nitrogens with one attached hydrogen (secondary N) is 1. The zero-order valence-electron chi connectivity index (χ0n) is 13.6. The molecule has 0 saturated heterocycles. The van der Waals surface area contributed by atoms with Crippen LogP contribution in [0.2, 0.25) is 0 Å². The minimum Gasteiger partial charge on any atom is -0.488 e. The van der Waals surface area contributed by atoms with Gasteiger partial charge in [0.25, 0.3) is 0 Å². The van der Waals surface area contributed by atoms with E-state index < -0.39 is 0 Å². The molecule has 120 valence electrons. The second kappa shape index (κ2) is 7.97. The number of para-hydroxylation sites is 2. The van der Waals surface area contributed by atoms with Gasteiger partial charge < -0.3 is 4.74 Å². The number of anilines is 1. The molecule has 3 aromatic rings. The molecule has 0 fully saturated rings. The summed E-state index contributed by atoms with van der Waals surface area (Å²) in [6, 6.07) is 26.0. The fraction of sp³-hybridized carbons (Fsp3) is 0.0952. The fourth-order valence-electron chi connectivity index (χ4n) is 2.34. The summed E-state index contributed by atoms with van der Waals surface area (Å²) >= 11 is 0. The first-order chi connectivity index (χ1) is 11.8. The van der Waals surface area contributed by atoms with Crippen molar-refractivity contribution in [1.82, 2.24) is 0 Å². The Labute approximate surface area is 142 Å². The van der Waals surface area contributed by atoms with Gasteiger partial charge in [0.1, 0.15) is 12.4 Å². The maximum Gasteiger partial charge on any atom is 0.128 e. The summed E-state index contributed by atoms with van der Waals surface area (Å²) in [5, 5.41) is 4.29. The van der Waals surface area contributed by atoms with Crippen LogP contribution in [0.4, 0.5) is 5.69 Å². The van der Waals surface area contributed by atoms with Gasteiger partial charge in [-0.2, -0.15) is 5.10 Å². The second-order valence-corrected chi connectivity index (χ2v) is 5.49. The number of aryl methyl sites for hydroxylation is 1. The lowest BCUT2D eigenvalue weighted by molar-refractivity contribution is 0.305. The molecule has 3 aromatic carbocycles. The van der Waals surface area contributed by atoms with Crippen LogP contribution in [0, 0.1) is 6.92 Å². The Balaban J connectivity index is 1.68. The van der Waals surface area contributed by atoms with E-state index in [0.29, 0.717) is 6.61 Å². The van der Waals surface area contributed by atoms with Crippen molar-refractivity contribution in [2.24, 2.45) is 5.10 Å². The van der Waals surface area contributed by atoms with Crippen molar-refractivity contribution in [1.29, 1.82) is 0 Å². The van der Waals surface area contributed by atoms with E-state index in [0.717, 1.165) is 17.0 Å². The zero-order valence-corrected chi connectivity index (χ0v) is 13.6. The summed E-state index contributed by atoms with van der Waals surface area (Å²) in [7, 11) is 0. The van der Waals surface area contributed by atoms with Gasteiger partial charge in [-0.15, -0.1) is 0 Å². The molecule has 0 unspecified atom stereocenters. The predicted octanol–water partition coefficient (Wildman–Crippen LogP) is 5.02. The molecule has 0 aromatic heterocycles. The van der Waals surface area contributed by atoms with E-state index >= 15 is 0 Å². The molecule has 0 aliphatic heterocycles. The van der Waals surface area contributed by atoms with E-state index in [2.05, 4.69) is 29.6 Å². The van der Waals surface area contributed by atoms with E-state index in [9.17, 15) is 0 Å². The van der Waals surface area contributed by atoms with E-state index in [1.165, 1.54) is 11.1 Å². The molecular formula is C21H20N2O. The van der Waals surface area contributed by atoms with Crippen LogP contribution in [0.3, 0.4) is 0 Å². The second-order valence-electron chi connectivity index (χ2n) is 5.49. The highest BCUT2D eigenvalue weighted by Crippen LogP contribution is 2.19. The van der Waals surface area contributed by atoms with Crippen molar-refractivity contribution in [2.75, 3.05) is 5.43 Å². The highest BCUT2D eigenvalue weighted by molar-refractivity contribution is 5.84. The molecule has 0 radical (unpaired) electrons. The standard InChI is InChI=1S/C21H20N2O/c1-17-9-5-6-11-19(17)16-24-21-14-8-7-10-18(21)15-22-23-20-12-3-2-4-13-20/h2-15,23H,16H2,1H3. The predicted molar refractivity (Wildman–Crippen MR) is 99.6 cm³/mol. The lowest BCUT2D eigenvalue weighted by Crippen LogP contribution is -2.00. The van der Waals surface area contributed by atoms with Gasteiger partial charge in [-0.05, 0) is 42.3 Å². The summed E-state index contributed by atoms with van der Waals surface area (Å²) in [4.78, 5) is 0. The maximum absolute atomic E-state index is 5.99. The van der Waals surface area contributed by atoms with Gasteiger partial charge >= 0.3 is 0 Å². The first-order valence-electron chi connectivity index (χ1n) is 7.93. The monoisotopic (exact) mass is 316 g/mol. The van der Waals surface area contributed by atoms with E-state index in [-0.39, 0.29) is 0 Å². The summed E-state index contributed by atoms with van der Waals surface area (Å²) < 4.78 is 5.99. The molecule has 3 rings (SSSR count). The molecule has 24 heavy (non-hydrogen) atoms. The molecule has 0 atom stereocenters. The molecule has 3 nitrogen and oxygen atoms in total. The number of hydrogen-bond donors (Lipinski definition) is 1. The van der Waals surface area contributed by atoms with E-state index in [1.54, 1.807) is 6.21 Å². The molecule has 0 saturated carbocycles. The molecule has 0 spiro atoms. The molecule has 0 bridgehead atoms. The molecule has 0 aliphatic carbocycles. The Morgan fingerprint density at radius 2 is 1.58 bits per heavy atom. The van der Waals surface area contributed by atoms with Crippen molar-refractivity contribution in [2.45, 2.75) is 13.5 Å². The normalized spacial score (nSPS) is 10.7. The maximum atomic E-state index is 5.99. The quantitative estimate of drug-likeness (QED) is 0.512. The lowest BCUT2D eigenvalue weighted by atomic mass is 10.1. The van der Waals surface area contributed by atoms with Gasteiger partial charge in [0.15, 0.2) is 0 Å². The lowest BCUT2D eigenvalue weighted by Gasteiger charge is -2.10. The smallest absolute Gasteiger partial charge is 0.128 e. The van der Waals surface area contributed by atoms with Crippen molar-refractivity contribution < 1.29 is 4.74 Å². The Morgan fingerprint density at radius 3 is 2.42 bits per heavy atom. The van der Waals surface area contributed by atoms with Crippen molar-refractivity contribution in [3.8, 4) is 5.75 Å². The average molecular weight is 316 g/mol. The third-order valence-electron chi connectivity index (χ3n) is 3.73. The highest BCUT2D eigenvalue weighted by atomic mass is 16.5. The molecule has 1 N–H and O–H groups in total. The average Bonchev–Trinajstić information content (AvgIpc) is 2.63. The van der Waals surface area contributed by atoms with Crippen molar-refractivity contribution >= 4 is 11.9 Å². The molecular weight excluding hydrogens is 296 g/mol. The van der Waals surface area contributed by atoms with Gasteiger partial charge in [-0.25, -0.2) is 0 Å². The number of rotatable bonds is 6. The first kappa shape index (κ1) is 15.8. The van der Waals surface area contributed by atoms with Crippen LogP contribution in [0.25, 0.3) is 0 Å². The van der Waals surface area contributed by atoms with Crippen molar-refractivity contribution in [3.05, 3.63) is 95.6 Å². The SMILES string of the molecule is Cc1ccccc1COc1ccccc1C=NNc1ccccc1. The summed E-state index contributed by atoms with van der Waals surface area (Å²) in [6.45, 7) is 2.64. The van der Waals surface area contributed by atoms with Gasteiger partial charge in [-0.1, -0.05) is 54.6 Å². The zero-order chi connectivity index (χ0) is 16.6. The van der Waals surface area contributed by atoms with Gasteiger partial charge in [-0.3, -0.25) is 5.43 Å². The number of nitrogens with zero attached hydrogens (tertiary/aromatic N) is 1. The highest BCUT2D eigenvalue weighted by Gasteiger charge is 2.03. The van der Waals surface area contributed by atoms with Crippen LogP contribution in [0.5, 0.6) is 5.75 Å². The van der Waals surface area contributed by atoms with Gasteiger partial charge in [0.2, 0.25) is 0 Å². The number of hydrogen-bond acceptors (Lipinski definition) is 3. The van der Waals surface area contributed by atoms with Crippen LogP contribution in [0.1, 0.15) is 16.7 Å². The molecule has 0 aliphatic rings. The third-order valence-corrected chi connectivity index (χ3v) is 3.73. The molecule has 0 heterocycles. The van der Waals surface area contributed by atoms with Crippen LogP contribution in [-0.2, 0) is 6.61 Å². The Hall–Kier alpha value is -3.07. The van der Waals surface area contributed by atoms with E-state index in [4.69, 9.17) is 4.74 Å². The van der Waals surface area contributed by atoms with Crippen LogP contribution < -0.4 is 10.2 Å².